The van der Waals surface area contributed by atoms with Crippen molar-refractivity contribution in [2.75, 3.05) is 25.6 Å². The number of anilines is 1. The van der Waals surface area contributed by atoms with Crippen molar-refractivity contribution in [3.8, 4) is 17.3 Å². The fourth-order valence-corrected chi connectivity index (χ4v) is 3.71. The Morgan fingerprint density at radius 3 is 2.80 bits per heavy atom. The summed E-state index contributed by atoms with van der Waals surface area (Å²) in [5.74, 6) is 0.976. The van der Waals surface area contributed by atoms with Crippen LogP contribution in [0, 0.1) is 0 Å². The van der Waals surface area contributed by atoms with Crippen LogP contribution in [0.2, 0.25) is 0 Å². The minimum atomic E-state index is -0.243. The third kappa shape index (κ3) is 4.36. The van der Waals surface area contributed by atoms with Crippen molar-refractivity contribution in [2.24, 2.45) is 0 Å². The molecule has 1 aliphatic heterocycles. The highest BCUT2D eigenvalue weighted by Crippen LogP contribution is 2.28. The van der Waals surface area contributed by atoms with Crippen LogP contribution >= 0.6 is 0 Å². The molecular weight excluding hydrogens is 380 g/mol. The van der Waals surface area contributed by atoms with E-state index in [9.17, 15) is 4.79 Å². The van der Waals surface area contributed by atoms with Crippen LogP contribution in [0.25, 0.3) is 11.4 Å². The number of methoxy groups -OCH3 is 1. The van der Waals surface area contributed by atoms with Crippen LogP contribution < -0.4 is 10.1 Å². The molecule has 0 unspecified atom stereocenters. The number of benzene rings is 1. The standard InChI is InChI=1S/C23H26N4O3/c1-29-15-16-30-23-18(11-8-13-24-23)25-22(28)20-19-12-6-3-7-14-27(19)21(26-20)17-9-4-2-5-10-17/h2,4-5,8-11,13H,3,6-7,12,14-16H2,1H3,(H,25,28). The number of ether oxygens (including phenoxy) is 2. The summed E-state index contributed by atoms with van der Waals surface area (Å²) >= 11 is 0. The van der Waals surface area contributed by atoms with Crippen molar-refractivity contribution in [1.29, 1.82) is 0 Å². The number of amides is 1. The van der Waals surface area contributed by atoms with Crippen LogP contribution in [0.5, 0.6) is 5.88 Å². The van der Waals surface area contributed by atoms with Gasteiger partial charge in [-0.25, -0.2) is 9.97 Å². The van der Waals surface area contributed by atoms with E-state index in [1.54, 1.807) is 25.4 Å². The highest BCUT2D eigenvalue weighted by molar-refractivity contribution is 6.04. The molecule has 3 aromatic rings. The molecule has 3 heterocycles. The zero-order valence-corrected chi connectivity index (χ0v) is 17.1. The average Bonchev–Trinajstić information content (AvgIpc) is 2.97. The molecule has 0 atom stereocenters. The first-order chi connectivity index (χ1) is 14.8. The van der Waals surface area contributed by atoms with E-state index in [2.05, 4.69) is 14.9 Å². The molecule has 0 saturated heterocycles. The molecular formula is C23H26N4O3. The molecule has 30 heavy (non-hydrogen) atoms. The molecule has 1 amide bonds. The number of hydrogen-bond acceptors (Lipinski definition) is 5. The van der Waals surface area contributed by atoms with Crippen LogP contribution in [-0.2, 0) is 17.7 Å². The highest BCUT2D eigenvalue weighted by atomic mass is 16.5. The molecule has 4 rings (SSSR count). The molecule has 7 heteroatoms. The molecule has 1 aromatic carbocycles. The van der Waals surface area contributed by atoms with Crippen LogP contribution in [0.3, 0.4) is 0 Å². The summed E-state index contributed by atoms with van der Waals surface area (Å²) in [6.07, 6.45) is 5.76. The number of aromatic nitrogens is 3. The van der Waals surface area contributed by atoms with E-state index in [1.165, 1.54) is 0 Å². The van der Waals surface area contributed by atoms with Gasteiger partial charge in [-0.05, 0) is 31.4 Å². The summed E-state index contributed by atoms with van der Waals surface area (Å²) in [6.45, 7) is 1.67. The fourth-order valence-electron chi connectivity index (χ4n) is 3.71. The number of rotatable bonds is 7. The molecule has 0 aliphatic carbocycles. The van der Waals surface area contributed by atoms with E-state index in [0.29, 0.717) is 30.5 Å². The molecule has 0 saturated carbocycles. The Hall–Kier alpha value is -3.19. The topological polar surface area (TPSA) is 78.3 Å². The minimum absolute atomic E-state index is 0.243. The van der Waals surface area contributed by atoms with Crippen LogP contribution in [-0.4, -0.2) is 40.8 Å². The highest BCUT2D eigenvalue weighted by Gasteiger charge is 2.25. The molecule has 0 spiro atoms. The molecule has 0 radical (unpaired) electrons. The quantitative estimate of drug-likeness (QED) is 0.601. The van der Waals surface area contributed by atoms with E-state index in [1.807, 2.05) is 30.3 Å². The van der Waals surface area contributed by atoms with E-state index in [4.69, 9.17) is 14.5 Å². The van der Waals surface area contributed by atoms with Crippen molar-refractivity contribution in [3.05, 3.63) is 60.0 Å². The summed E-state index contributed by atoms with van der Waals surface area (Å²) in [5, 5.41) is 2.95. The molecule has 1 N–H and O–H groups in total. The smallest absolute Gasteiger partial charge is 0.276 e. The molecule has 0 bridgehead atoms. The molecule has 156 valence electrons. The van der Waals surface area contributed by atoms with Gasteiger partial charge in [0.2, 0.25) is 5.88 Å². The number of pyridine rings is 1. The van der Waals surface area contributed by atoms with Gasteiger partial charge in [-0.3, -0.25) is 4.79 Å². The predicted octanol–water partition coefficient (Wildman–Crippen LogP) is 3.95. The summed E-state index contributed by atoms with van der Waals surface area (Å²) in [5.41, 5.74) is 3.01. The van der Waals surface area contributed by atoms with Gasteiger partial charge >= 0.3 is 0 Å². The minimum Gasteiger partial charge on any atom is -0.474 e. The van der Waals surface area contributed by atoms with Crippen LogP contribution in [0.15, 0.2) is 48.7 Å². The van der Waals surface area contributed by atoms with E-state index < -0.39 is 0 Å². The maximum Gasteiger partial charge on any atom is 0.276 e. The van der Waals surface area contributed by atoms with Crippen molar-refractivity contribution in [3.63, 3.8) is 0 Å². The fraction of sp³-hybridized carbons (Fsp3) is 0.348. The normalized spacial score (nSPS) is 13.4. The van der Waals surface area contributed by atoms with E-state index in [-0.39, 0.29) is 5.91 Å². The Morgan fingerprint density at radius 1 is 1.10 bits per heavy atom. The van der Waals surface area contributed by atoms with Crippen LogP contribution in [0.4, 0.5) is 5.69 Å². The second-order valence-corrected chi connectivity index (χ2v) is 7.21. The first-order valence-electron chi connectivity index (χ1n) is 10.3. The number of carbonyl (C=O) groups is 1. The Morgan fingerprint density at radius 2 is 1.97 bits per heavy atom. The van der Waals surface area contributed by atoms with Gasteiger partial charge in [0.15, 0.2) is 0 Å². The lowest BCUT2D eigenvalue weighted by Gasteiger charge is -2.11. The second-order valence-electron chi connectivity index (χ2n) is 7.21. The molecule has 0 fully saturated rings. The lowest BCUT2D eigenvalue weighted by molar-refractivity contribution is 0.102. The maximum atomic E-state index is 13.2. The zero-order valence-electron chi connectivity index (χ0n) is 17.1. The maximum absolute atomic E-state index is 13.2. The van der Waals surface area contributed by atoms with Gasteiger partial charge in [0.1, 0.15) is 23.8 Å². The first-order valence-corrected chi connectivity index (χ1v) is 10.3. The third-order valence-corrected chi connectivity index (χ3v) is 5.16. The lowest BCUT2D eigenvalue weighted by atomic mass is 10.1. The van der Waals surface area contributed by atoms with Gasteiger partial charge in [-0.1, -0.05) is 36.8 Å². The van der Waals surface area contributed by atoms with Gasteiger partial charge in [0.05, 0.1) is 12.3 Å². The number of fused-ring (bicyclic) bond motifs is 1. The van der Waals surface area contributed by atoms with Gasteiger partial charge in [-0.15, -0.1) is 0 Å². The first kappa shape index (κ1) is 20.1. The average molecular weight is 406 g/mol. The van der Waals surface area contributed by atoms with Gasteiger partial charge in [0.25, 0.3) is 5.91 Å². The van der Waals surface area contributed by atoms with Crippen molar-refractivity contribution in [2.45, 2.75) is 32.2 Å². The Balaban J connectivity index is 1.64. The zero-order chi connectivity index (χ0) is 20.8. The van der Waals surface area contributed by atoms with E-state index >= 15 is 0 Å². The van der Waals surface area contributed by atoms with Crippen molar-refractivity contribution in [1.82, 2.24) is 14.5 Å². The summed E-state index contributed by atoms with van der Waals surface area (Å²) in [6, 6.07) is 13.6. The summed E-state index contributed by atoms with van der Waals surface area (Å²) < 4.78 is 12.9. The molecule has 1 aliphatic rings. The predicted molar refractivity (Wildman–Crippen MR) is 115 cm³/mol. The second kappa shape index (κ2) is 9.54. The van der Waals surface area contributed by atoms with Crippen LogP contribution in [0.1, 0.15) is 35.4 Å². The largest absolute Gasteiger partial charge is 0.474 e. The van der Waals surface area contributed by atoms with Crippen molar-refractivity contribution < 1.29 is 14.3 Å². The van der Waals surface area contributed by atoms with Gasteiger partial charge in [0, 0.05) is 25.4 Å². The SMILES string of the molecule is COCCOc1ncccc1NC(=O)c1nc(-c2ccccc2)n2c1CCCCC2. The summed E-state index contributed by atoms with van der Waals surface area (Å²) in [7, 11) is 1.61. The number of nitrogens with zero attached hydrogens (tertiary/aromatic N) is 3. The van der Waals surface area contributed by atoms with Gasteiger partial charge < -0.3 is 19.4 Å². The number of hydrogen-bond donors (Lipinski definition) is 1. The molecule has 2 aromatic heterocycles. The Labute approximate surface area is 176 Å². The summed E-state index contributed by atoms with van der Waals surface area (Å²) in [4.78, 5) is 22.2. The van der Waals surface area contributed by atoms with Gasteiger partial charge in [-0.2, -0.15) is 0 Å². The Bertz CT molecular complexity index is 1000. The van der Waals surface area contributed by atoms with E-state index in [0.717, 1.165) is 49.3 Å². The Kier molecular flexibility index (Phi) is 6.39. The lowest BCUT2D eigenvalue weighted by Crippen LogP contribution is -2.17. The van der Waals surface area contributed by atoms with Crippen molar-refractivity contribution >= 4 is 11.6 Å². The number of nitrogens with one attached hydrogen (secondary N) is 1. The molecule has 7 nitrogen and oxygen atoms in total. The monoisotopic (exact) mass is 406 g/mol. The third-order valence-electron chi connectivity index (χ3n) is 5.16. The number of imidazole rings is 1. The number of carbonyl (C=O) groups excluding carboxylic acids is 1.